The Morgan fingerprint density at radius 2 is 2.05 bits per heavy atom. The Balaban J connectivity index is 2.12. The van der Waals surface area contributed by atoms with Gasteiger partial charge in [-0.1, -0.05) is 35.8 Å². The maximum absolute atomic E-state index is 12.4. The molecule has 108 valence electrons. The van der Waals surface area contributed by atoms with Crippen molar-refractivity contribution < 1.29 is 9.59 Å². The first-order valence-electron chi connectivity index (χ1n) is 6.94. The number of anilines is 1. The fourth-order valence-electron chi connectivity index (χ4n) is 2.58. The summed E-state index contributed by atoms with van der Waals surface area (Å²) in [4.78, 5) is 25.9. The highest BCUT2D eigenvalue weighted by Gasteiger charge is 2.41. The first-order valence-corrected chi connectivity index (χ1v) is 7.74. The number of imide groups is 1. The van der Waals surface area contributed by atoms with E-state index >= 15 is 0 Å². The number of carbonyl (C=O) groups is 2. The number of nitrogens with zero attached hydrogens (tertiary/aromatic N) is 1. The lowest BCUT2D eigenvalue weighted by Gasteiger charge is -2.24. The third-order valence-corrected chi connectivity index (χ3v) is 4.15. The zero-order valence-electron chi connectivity index (χ0n) is 11.7. The monoisotopic (exact) mass is 338 g/mol. The highest BCUT2D eigenvalue weighted by atomic mass is 79.9. The van der Waals surface area contributed by atoms with Gasteiger partial charge in [-0.15, -0.1) is 0 Å². The zero-order valence-corrected chi connectivity index (χ0v) is 13.3. The maximum Gasteiger partial charge on any atom is 0.252 e. The molecule has 2 rings (SSSR count). The maximum atomic E-state index is 12.4. The van der Waals surface area contributed by atoms with E-state index in [1.54, 1.807) is 0 Å². The van der Waals surface area contributed by atoms with Crippen molar-refractivity contribution in [2.75, 3.05) is 5.32 Å². The van der Waals surface area contributed by atoms with Crippen LogP contribution in [0.25, 0.3) is 0 Å². The molecule has 0 radical (unpaired) electrons. The topological polar surface area (TPSA) is 49.4 Å². The Morgan fingerprint density at radius 3 is 2.65 bits per heavy atom. The molecule has 0 saturated carbocycles. The molecular weight excluding hydrogens is 320 g/mol. The molecule has 1 aromatic rings. The Morgan fingerprint density at radius 1 is 1.35 bits per heavy atom. The van der Waals surface area contributed by atoms with Gasteiger partial charge in [0.2, 0.25) is 5.91 Å². The molecule has 5 heteroatoms. The number of halogens is 1. The highest BCUT2D eigenvalue weighted by molar-refractivity contribution is 9.10. The smallest absolute Gasteiger partial charge is 0.252 e. The SMILES string of the molecule is CCC(CC)N1C(=O)CC(Nc2cccc(Br)c2)C1=O. The summed E-state index contributed by atoms with van der Waals surface area (Å²) in [5, 5.41) is 3.15. The van der Waals surface area contributed by atoms with Gasteiger partial charge in [0.25, 0.3) is 5.91 Å². The van der Waals surface area contributed by atoms with Crippen LogP contribution in [0.5, 0.6) is 0 Å². The Labute approximate surface area is 127 Å². The van der Waals surface area contributed by atoms with Crippen LogP contribution in [-0.4, -0.2) is 28.8 Å². The van der Waals surface area contributed by atoms with Crippen molar-refractivity contribution in [2.45, 2.75) is 45.2 Å². The Kier molecular flexibility index (Phi) is 4.81. The number of likely N-dealkylation sites (tertiary alicyclic amines) is 1. The van der Waals surface area contributed by atoms with Gasteiger partial charge in [-0.2, -0.15) is 0 Å². The fraction of sp³-hybridized carbons (Fsp3) is 0.467. The van der Waals surface area contributed by atoms with Crippen LogP contribution in [-0.2, 0) is 9.59 Å². The second-order valence-corrected chi connectivity index (χ2v) is 5.90. The number of nitrogens with one attached hydrogen (secondary N) is 1. The van der Waals surface area contributed by atoms with Gasteiger partial charge in [-0.3, -0.25) is 14.5 Å². The van der Waals surface area contributed by atoms with E-state index in [2.05, 4.69) is 21.2 Å². The predicted molar refractivity (Wildman–Crippen MR) is 82.4 cm³/mol. The molecule has 0 spiro atoms. The standard InChI is InChI=1S/C15H19BrN2O2/c1-3-12(4-2)18-14(19)9-13(15(18)20)17-11-7-5-6-10(16)8-11/h5-8,12-13,17H,3-4,9H2,1-2H3. The van der Waals surface area contributed by atoms with E-state index < -0.39 is 6.04 Å². The number of rotatable bonds is 5. The summed E-state index contributed by atoms with van der Waals surface area (Å²) < 4.78 is 0.941. The number of amides is 2. The van der Waals surface area contributed by atoms with Crippen LogP contribution in [0.4, 0.5) is 5.69 Å². The Bertz CT molecular complexity index is 514. The van der Waals surface area contributed by atoms with Gasteiger partial charge in [0.1, 0.15) is 6.04 Å². The van der Waals surface area contributed by atoms with Gasteiger partial charge in [0.05, 0.1) is 6.42 Å². The molecule has 2 amide bonds. The van der Waals surface area contributed by atoms with Gasteiger partial charge in [-0.05, 0) is 31.0 Å². The van der Waals surface area contributed by atoms with Gasteiger partial charge in [0, 0.05) is 16.2 Å². The number of benzene rings is 1. The van der Waals surface area contributed by atoms with Gasteiger partial charge >= 0.3 is 0 Å². The van der Waals surface area contributed by atoms with Crippen LogP contribution in [0, 0.1) is 0 Å². The summed E-state index contributed by atoms with van der Waals surface area (Å²) in [6.07, 6.45) is 1.84. The van der Waals surface area contributed by atoms with Crippen molar-refractivity contribution in [1.29, 1.82) is 0 Å². The van der Waals surface area contributed by atoms with Crippen molar-refractivity contribution in [3.63, 3.8) is 0 Å². The molecular formula is C15H19BrN2O2. The van der Waals surface area contributed by atoms with E-state index in [1.165, 1.54) is 4.90 Å². The second-order valence-electron chi connectivity index (χ2n) is 4.98. The predicted octanol–water partition coefficient (Wildman–Crippen LogP) is 3.18. The number of hydrogen-bond acceptors (Lipinski definition) is 3. The van der Waals surface area contributed by atoms with Crippen LogP contribution in [0.15, 0.2) is 28.7 Å². The molecule has 1 aromatic carbocycles. The molecule has 4 nitrogen and oxygen atoms in total. The molecule has 0 bridgehead atoms. The molecule has 0 aliphatic carbocycles. The summed E-state index contributed by atoms with van der Waals surface area (Å²) in [6.45, 7) is 4.01. The van der Waals surface area contributed by atoms with Crippen molar-refractivity contribution >= 4 is 33.4 Å². The molecule has 1 fully saturated rings. The van der Waals surface area contributed by atoms with Crippen molar-refractivity contribution in [3.05, 3.63) is 28.7 Å². The third-order valence-electron chi connectivity index (χ3n) is 3.66. The van der Waals surface area contributed by atoms with Crippen LogP contribution in [0.1, 0.15) is 33.1 Å². The van der Waals surface area contributed by atoms with Crippen molar-refractivity contribution in [1.82, 2.24) is 4.90 Å². The van der Waals surface area contributed by atoms with Crippen LogP contribution in [0.2, 0.25) is 0 Å². The first kappa shape index (κ1) is 15.0. The average Bonchev–Trinajstić information content (AvgIpc) is 2.68. The number of hydrogen-bond donors (Lipinski definition) is 1. The largest absolute Gasteiger partial charge is 0.373 e. The summed E-state index contributed by atoms with van der Waals surface area (Å²) >= 11 is 3.39. The molecule has 1 aliphatic heterocycles. The van der Waals surface area contributed by atoms with Crippen molar-refractivity contribution in [3.8, 4) is 0 Å². The Hall–Kier alpha value is -1.36. The lowest BCUT2D eigenvalue weighted by Crippen LogP contribution is -2.41. The van der Waals surface area contributed by atoms with Gasteiger partial charge in [-0.25, -0.2) is 0 Å². The minimum absolute atomic E-state index is 0.0179. The summed E-state index contributed by atoms with van der Waals surface area (Å²) in [5.74, 6) is -0.181. The average molecular weight is 339 g/mol. The van der Waals surface area contributed by atoms with Crippen LogP contribution < -0.4 is 5.32 Å². The number of carbonyl (C=O) groups excluding carboxylic acids is 2. The van der Waals surface area contributed by atoms with E-state index in [1.807, 2.05) is 38.1 Å². The van der Waals surface area contributed by atoms with Crippen molar-refractivity contribution in [2.24, 2.45) is 0 Å². The molecule has 1 unspecified atom stereocenters. The van der Waals surface area contributed by atoms with Crippen LogP contribution in [0.3, 0.4) is 0 Å². The van der Waals surface area contributed by atoms with Crippen LogP contribution >= 0.6 is 15.9 Å². The highest BCUT2D eigenvalue weighted by Crippen LogP contribution is 2.24. The van der Waals surface area contributed by atoms with E-state index in [9.17, 15) is 9.59 Å². The summed E-state index contributed by atoms with van der Waals surface area (Å²) in [7, 11) is 0. The minimum atomic E-state index is -0.447. The van der Waals surface area contributed by atoms with E-state index in [0.717, 1.165) is 23.0 Å². The molecule has 1 saturated heterocycles. The van der Waals surface area contributed by atoms with Gasteiger partial charge < -0.3 is 5.32 Å². The second kappa shape index (κ2) is 6.39. The van der Waals surface area contributed by atoms with E-state index in [4.69, 9.17) is 0 Å². The molecule has 1 heterocycles. The summed E-state index contributed by atoms with van der Waals surface area (Å²) in [5.41, 5.74) is 0.844. The lowest BCUT2D eigenvalue weighted by atomic mass is 10.1. The molecule has 1 aliphatic rings. The first-order chi connectivity index (χ1) is 9.56. The van der Waals surface area contributed by atoms with E-state index in [-0.39, 0.29) is 24.3 Å². The quantitative estimate of drug-likeness (QED) is 0.839. The third kappa shape index (κ3) is 3.03. The molecule has 0 aromatic heterocycles. The molecule has 1 N–H and O–H groups in total. The molecule has 1 atom stereocenters. The van der Waals surface area contributed by atoms with Gasteiger partial charge in [0.15, 0.2) is 0 Å². The summed E-state index contributed by atoms with van der Waals surface area (Å²) in [6, 6.07) is 7.18. The van der Waals surface area contributed by atoms with E-state index in [0.29, 0.717) is 0 Å². The normalized spacial score (nSPS) is 19.0. The zero-order chi connectivity index (χ0) is 14.7. The fourth-order valence-corrected chi connectivity index (χ4v) is 2.98. The lowest BCUT2D eigenvalue weighted by molar-refractivity contribution is -0.141. The minimum Gasteiger partial charge on any atom is -0.373 e. The molecule has 20 heavy (non-hydrogen) atoms.